The van der Waals surface area contributed by atoms with Crippen molar-refractivity contribution in [3.05, 3.63) is 41.4 Å². The van der Waals surface area contributed by atoms with Crippen LogP contribution in [-0.2, 0) is 11.0 Å². The van der Waals surface area contributed by atoms with E-state index >= 15 is 0 Å². The van der Waals surface area contributed by atoms with Crippen LogP contribution in [0, 0.1) is 0 Å². The Labute approximate surface area is 113 Å². The third-order valence-corrected chi connectivity index (χ3v) is 2.50. The number of amides is 1. The Morgan fingerprint density at radius 3 is 2.68 bits per heavy atom. The quantitative estimate of drug-likeness (QED) is 0.819. The molecule has 1 amide bonds. The number of benzene rings is 1. The zero-order valence-electron chi connectivity index (χ0n) is 9.85. The van der Waals surface area contributed by atoms with Crippen molar-refractivity contribution < 1.29 is 18.0 Å². The lowest BCUT2D eigenvalue weighted by molar-refractivity contribution is -0.137. The molecule has 3 nitrogen and oxygen atoms in total. The van der Waals surface area contributed by atoms with Gasteiger partial charge in [-0.05, 0) is 18.2 Å². The number of halogens is 4. The van der Waals surface area contributed by atoms with E-state index in [-0.39, 0.29) is 23.2 Å². The summed E-state index contributed by atoms with van der Waals surface area (Å²) in [5.74, 6) is -0.344. The molecule has 0 unspecified atom stereocenters. The minimum atomic E-state index is -4.53. The average molecular weight is 293 g/mol. The SMILES string of the molecule is C=CCNC(=O)CNc1ccc(Cl)c(C(F)(F)F)c1. The molecule has 104 valence electrons. The van der Waals surface area contributed by atoms with Crippen LogP contribution in [0.25, 0.3) is 0 Å². The fourth-order valence-corrected chi connectivity index (χ4v) is 1.51. The number of carbonyl (C=O) groups excluding carboxylic acids is 1. The predicted molar refractivity (Wildman–Crippen MR) is 68.2 cm³/mol. The molecule has 0 aromatic heterocycles. The number of rotatable bonds is 5. The van der Waals surface area contributed by atoms with Crippen LogP contribution in [0.5, 0.6) is 0 Å². The fraction of sp³-hybridized carbons (Fsp3) is 0.250. The molecule has 7 heteroatoms. The molecular weight excluding hydrogens is 281 g/mol. The van der Waals surface area contributed by atoms with Gasteiger partial charge in [-0.2, -0.15) is 13.2 Å². The number of alkyl halides is 3. The zero-order chi connectivity index (χ0) is 14.5. The first-order valence-corrected chi connectivity index (χ1v) is 5.70. The van der Waals surface area contributed by atoms with Gasteiger partial charge in [-0.25, -0.2) is 0 Å². The van der Waals surface area contributed by atoms with E-state index in [0.29, 0.717) is 6.54 Å². The van der Waals surface area contributed by atoms with Crippen molar-refractivity contribution in [1.29, 1.82) is 0 Å². The summed E-state index contributed by atoms with van der Waals surface area (Å²) in [6.45, 7) is 3.59. The van der Waals surface area contributed by atoms with Gasteiger partial charge in [0.2, 0.25) is 5.91 Å². The first-order chi connectivity index (χ1) is 8.84. The molecule has 0 saturated heterocycles. The minimum absolute atomic E-state index is 0.132. The maximum Gasteiger partial charge on any atom is 0.417 e. The van der Waals surface area contributed by atoms with Gasteiger partial charge in [-0.15, -0.1) is 6.58 Å². The van der Waals surface area contributed by atoms with Crippen LogP contribution in [0.2, 0.25) is 5.02 Å². The summed E-state index contributed by atoms with van der Waals surface area (Å²) in [4.78, 5) is 11.3. The summed E-state index contributed by atoms with van der Waals surface area (Å²) < 4.78 is 37.8. The van der Waals surface area contributed by atoms with Crippen molar-refractivity contribution in [3.63, 3.8) is 0 Å². The summed E-state index contributed by atoms with van der Waals surface area (Å²) >= 11 is 5.47. The topological polar surface area (TPSA) is 41.1 Å². The summed E-state index contributed by atoms with van der Waals surface area (Å²) in [6, 6.07) is 3.37. The highest BCUT2D eigenvalue weighted by molar-refractivity contribution is 6.31. The third-order valence-electron chi connectivity index (χ3n) is 2.17. The summed E-state index contributed by atoms with van der Waals surface area (Å²) in [5, 5.41) is 4.70. The molecule has 1 rings (SSSR count). The molecule has 2 N–H and O–H groups in total. The second-order valence-electron chi connectivity index (χ2n) is 3.64. The molecule has 0 heterocycles. The van der Waals surface area contributed by atoms with E-state index in [1.807, 2.05) is 0 Å². The Kier molecular flexibility index (Phi) is 5.23. The van der Waals surface area contributed by atoms with Crippen LogP contribution in [-0.4, -0.2) is 19.0 Å². The van der Waals surface area contributed by atoms with E-state index in [9.17, 15) is 18.0 Å². The number of hydrogen-bond acceptors (Lipinski definition) is 2. The van der Waals surface area contributed by atoms with Crippen LogP contribution in [0.1, 0.15) is 5.56 Å². The number of hydrogen-bond donors (Lipinski definition) is 2. The van der Waals surface area contributed by atoms with Crippen LogP contribution in [0.15, 0.2) is 30.9 Å². The summed E-state index contributed by atoms with van der Waals surface area (Å²) in [6.07, 6.45) is -3.03. The largest absolute Gasteiger partial charge is 0.417 e. The highest BCUT2D eigenvalue weighted by Gasteiger charge is 2.33. The number of anilines is 1. The van der Waals surface area contributed by atoms with Crippen LogP contribution < -0.4 is 10.6 Å². The van der Waals surface area contributed by atoms with Gasteiger partial charge in [0.1, 0.15) is 0 Å². The van der Waals surface area contributed by atoms with Crippen LogP contribution >= 0.6 is 11.6 Å². The predicted octanol–water partition coefficient (Wildman–Crippen LogP) is 3.07. The van der Waals surface area contributed by atoms with E-state index in [1.54, 1.807) is 0 Å². The minimum Gasteiger partial charge on any atom is -0.376 e. The van der Waals surface area contributed by atoms with Crippen molar-refractivity contribution in [2.45, 2.75) is 6.18 Å². The van der Waals surface area contributed by atoms with E-state index in [1.165, 1.54) is 12.1 Å². The molecule has 0 aliphatic rings. The lowest BCUT2D eigenvalue weighted by Crippen LogP contribution is -2.29. The molecule has 0 atom stereocenters. The second-order valence-corrected chi connectivity index (χ2v) is 4.05. The average Bonchev–Trinajstić information content (AvgIpc) is 2.34. The van der Waals surface area contributed by atoms with Crippen LogP contribution in [0.3, 0.4) is 0 Å². The molecule has 0 saturated carbocycles. The molecule has 0 fully saturated rings. The molecule has 0 aliphatic heterocycles. The van der Waals surface area contributed by atoms with Gasteiger partial charge in [-0.1, -0.05) is 17.7 Å². The Hall–Kier alpha value is -1.69. The zero-order valence-corrected chi connectivity index (χ0v) is 10.6. The normalized spacial score (nSPS) is 10.9. The van der Waals surface area contributed by atoms with E-state index in [0.717, 1.165) is 12.1 Å². The molecule has 1 aromatic carbocycles. The Morgan fingerprint density at radius 2 is 2.11 bits per heavy atom. The van der Waals surface area contributed by atoms with Crippen molar-refractivity contribution >= 4 is 23.2 Å². The molecular formula is C12H12ClF3N2O. The summed E-state index contributed by atoms with van der Waals surface area (Å²) in [7, 11) is 0. The van der Waals surface area contributed by atoms with Crippen LogP contribution in [0.4, 0.5) is 18.9 Å². The molecule has 0 aliphatic carbocycles. The van der Waals surface area contributed by atoms with Gasteiger partial charge < -0.3 is 10.6 Å². The van der Waals surface area contributed by atoms with Gasteiger partial charge >= 0.3 is 6.18 Å². The summed E-state index contributed by atoms with van der Waals surface area (Å²) in [5.41, 5.74) is -0.767. The first kappa shape index (κ1) is 15.4. The van der Waals surface area contributed by atoms with Crippen molar-refractivity contribution in [2.24, 2.45) is 0 Å². The Balaban J connectivity index is 2.70. The van der Waals surface area contributed by atoms with Gasteiger partial charge in [-0.3, -0.25) is 4.79 Å². The smallest absolute Gasteiger partial charge is 0.376 e. The number of carbonyl (C=O) groups is 1. The molecule has 0 radical (unpaired) electrons. The third kappa shape index (κ3) is 4.82. The first-order valence-electron chi connectivity index (χ1n) is 5.33. The highest BCUT2D eigenvalue weighted by atomic mass is 35.5. The maximum absolute atomic E-state index is 12.6. The van der Waals surface area contributed by atoms with Crippen molar-refractivity contribution in [1.82, 2.24) is 5.32 Å². The fourth-order valence-electron chi connectivity index (χ4n) is 1.28. The van der Waals surface area contributed by atoms with Gasteiger partial charge in [0, 0.05) is 12.2 Å². The maximum atomic E-state index is 12.6. The lowest BCUT2D eigenvalue weighted by Gasteiger charge is -2.12. The van der Waals surface area contributed by atoms with E-state index in [2.05, 4.69) is 17.2 Å². The van der Waals surface area contributed by atoms with Gasteiger partial charge in [0.25, 0.3) is 0 Å². The molecule has 0 bridgehead atoms. The molecule has 1 aromatic rings. The number of nitrogens with one attached hydrogen (secondary N) is 2. The molecule has 19 heavy (non-hydrogen) atoms. The van der Waals surface area contributed by atoms with Crippen molar-refractivity contribution in [2.75, 3.05) is 18.4 Å². The van der Waals surface area contributed by atoms with E-state index < -0.39 is 11.7 Å². The Morgan fingerprint density at radius 1 is 1.42 bits per heavy atom. The standard InChI is InChI=1S/C12H12ClF3N2O/c1-2-5-17-11(19)7-18-8-3-4-10(13)9(6-8)12(14,15)16/h2-4,6,18H,1,5,7H2,(H,17,19). The van der Waals surface area contributed by atoms with Gasteiger partial charge in [0.15, 0.2) is 0 Å². The molecule has 0 spiro atoms. The van der Waals surface area contributed by atoms with Gasteiger partial charge in [0.05, 0.1) is 17.1 Å². The van der Waals surface area contributed by atoms with E-state index in [4.69, 9.17) is 11.6 Å². The Bertz CT molecular complexity index is 475. The van der Waals surface area contributed by atoms with Crippen molar-refractivity contribution in [3.8, 4) is 0 Å². The monoisotopic (exact) mass is 292 g/mol. The second kappa shape index (κ2) is 6.47. The lowest BCUT2D eigenvalue weighted by atomic mass is 10.2. The highest BCUT2D eigenvalue weighted by Crippen LogP contribution is 2.36.